The molecule has 0 atom stereocenters. The summed E-state index contributed by atoms with van der Waals surface area (Å²) in [5.41, 5.74) is 8.87. The van der Waals surface area contributed by atoms with E-state index in [4.69, 9.17) is 52.1 Å². The van der Waals surface area contributed by atoms with E-state index < -0.39 is 36.5 Å². The molecule has 3 fully saturated rings. The maximum Gasteiger partial charge on any atom is 0.229 e. The van der Waals surface area contributed by atoms with E-state index in [1.807, 2.05) is 80.6 Å². The molecular weight excluding hydrogens is 1550 g/mol. The number of hydrogen-bond acceptors (Lipinski definition) is 25. The molecule has 25 nitrogen and oxygen atoms in total. The summed E-state index contributed by atoms with van der Waals surface area (Å²) in [7, 11) is -3.96. The third-order valence-corrected chi connectivity index (χ3v) is 27.5. The van der Waals surface area contributed by atoms with Crippen LogP contribution in [0.4, 0.5) is 75.1 Å². The predicted octanol–water partition coefficient (Wildman–Crippen LogP) is 16.5. The van der Waals surface area contributed by atoms with Crippen LogP contribution in [0.5, 0.6) is 23.0 Å². The minimum atomic E-state index is -3.51. The van der Waals surface area contributed by atoms with Crippen molar-refractivity contribution in [1.82, 2.24) is 44.6 Å². The van der Waals surface area contributed by atoms with Gasteiger partial charge in [-0.05, 0) is 204 Å². The van der Waals surface area contributed by atoms with Gasteiger partial charge in [0.25, 0.3) is 0 Å². The van der Waals surface area contributed by atoms with Crippen LogP contribution in [0.15, 0.2) is 145 Å². The van der Waals surface area contributed by atoms with Crippen molar-refractivity contribution in [2.24, 2.45) is 0 Å². The quantitative estimate of drug-likeness (QED) is 0.0206. The number of hydrogen-bond donors (Lipinski definition) is 6. The predicted molar refractivity (Wildman–Crippen MR) is 466 cm³/mol. The number of methoxy groups -OCH3 is 3. The lowest BCUT2D eigenvalue weighted by Crippen LogP contribution is -2.52. The van der Waals surface area contributed by atoms with E-state index in [-0.39, 0.29) is 4.90 Å². The second kappa shape index (κ2) is 37.7. The van der Waals surface area contributed by atoms with Crippen LogP contribution in [0, 0.1) is 6.92 Å². The van der Waals surface area contributed by atoms with Crippen molar-refractivity contribution in [3.63, 3.8) is 0 Å². The van der Waals surface area contributed by atoms with Crippen molar-refractivity contribution in [3.05, 3.63) is 167 Å². The van der Waals surface area contributed by atoms with Crippen molar-refractivity contribution >= 4 is 151 Å². The number of nitrogens with zero attached hydrogens (tertiary/aromatic N) is 10. The van der Waals surface area contributed by atoms with Gasteiger partial charge >= 0.3 is 0 Å². The van der Waals surface area contributed by atoms with Gasteiger partial charge in [-0.25, -0.2) is 23.4 Å². The van der Waals surface area contributed by atoms with Crippen LogP contribution in [0.3, 0.4) is 0 Å². The van der Waals surface area contributed by atoms with Gasteiger partial charge in [-0.3, -0.25) is 4.90 Å². The molecule has 6 N–H and O–H groups in total. The van der Waals surface area contributed by atoms with Gasteiger partial charge in [0.2, 0.25) is 17.8 Å². The number of ether oxygens (including phenoxy) is 4. The molecule has 0 amide bonds. The normalized spacial score (nSPS) is 15.1. The summed E-state index contributed by atoms with van der Waals surface area (Å²) in [5.74, 6) is 5.02. The topological polar surface area (TPSA) is 285 Å². The van der Waals surface area contributed by atoms with Gasteiger partial charge in [-0.15, -0.1) is 0 Å². The first-order valence-electron chi connectivity index (χ1n) is 37.9. The van der Waals surface area contributed by atoms with E-state index in [1.54, 1.807) is 124 Å². The number of anilines is 13. The smallest absolute Gasteiger partial charge is 0.229 e. The van der Waals surface area contributed by atoms with Crippen LogP contribution >= 0.6 is 44.6 Å². The summed E-state index contributed by atoms with van der Waals surface area (Å²) >= 11 is 12.8. The number of fused-ring (bicyclic) bond motifs is 1. The van der Waals surface area contributed by atoms with E-state index in [1.165, 1.54) is 58.1 Å². The minimum absolute atomic E-state index is 0.224. The molecule has 13 rings (SSSR count). The standard InChI is InChI=1S/C30H41ClN7O2P.C26H33ClN5O3P.C26H31N4O4PS/c1-21-6-8-26(28(18-21)41(4,5)39)33-29-24(31)20-32-30(35-29)34-25-9-7-23(19-27(25)40-3)37-12-10-22(11-13-37)38-16-14-36(2)15-17-38;1-34-23-17-19(35-16-8-15-32-13-6-7-14-32)11-12-21(23)30-26-28-18-20(27)25(31-26)29-22-9-4-5-10-24(22)36(2,3)33;1-16(2)36(32,33)23-10-8-7-9-20(23)27-25-24-17(3)11-13-21(24)29-26(30-25)28-19-14-12-18(35(5,6)31)15-22(19)34-4/h6-9,18-20,22H,10-17H2,1-5H3,(H2,32,33,34,35);4-5,9-12,17-18H,6-8,13-16H2,1-3H3,(H2,28,29,30,31);7-12,14-16H,13H2,1-6H3,(H2,27,28,29,30). The summed E-state index contributed by atoms with van der Waals surface area (Å²) in [6, 6.07) is 38.0. The molecule has 6 heterocycles. The molecule has 0 unspecified atom stereocenters. The number of benzene rings is 6. The number of allylic oxidation sites excluding steroid dienone is 2. The van der Waals surface area contributed by atoms with Gasteiger partial charge in [0.1, 0.15) is 60.3 Å². The number of likely N-dealkylation sites (tertiary alicyclic amines) is 1. The fourth-order valence-electron chi connectivity index (χ4n) is 13.8. The first kappa shape index (κ1) is 85.1. The summed E-state index contributed by atoms with van der Waals surface area (Å²) in [4.78, 5) is 37.5. The molecule has 602 valence electrons. The second-order valence-corrected chi connectivity index (χ2v) is 42.8. The summed E-state index contributed by atoms with van der Waals surface area (Å²) in [5, 5.41) is 21.8. The van der Waals surface area contributed by atoms with Crippen LogP contribution < -0.4 is 71.7 Å². The molecule has 0 radical (unpaired) electrons. The molecule has 113 heavy (non-hydrogen) atoms. The zero-order valence-electron chi connectivity index (χ0n) is 66.9. The highest BCUT2D eigenvalue weighted by Gasteiger charge is 2.30. The Labute approximate surface area is 675 Å². The maximum atomic E-state index is 13.0. The Morgan fingerprint density at radius 1 is 0.549 bits per heavy atom. The molecule has 0 spiro atoms. The first-order chi connectivity index (χ1) is 53.8. The average Bonchev–Trinajstić information content (AvgIpc) is 1.73. The zero-order valence-corrected chi connectivity index (χ0v) is 71.9. The fourth-order valence-corrected chi connectivity index (χ4v) is 18.5. The lowest BCUT2D eigenvalue weighted by atomic mass is 10.0. The van der Waals surface area contributed by atoms with Crippen LogP contribution in [0.2, 0.25) is 10.0 Å². The number of para-hydroxylation sites is 2. The summed E-state index contributed by atoms with van der Waals surface area (Å²) in [6.45, 7) is 28.5. The number of piperazine rings is 1. The van der Waals surface area contributed by atoms with E-state index in [2.05, 4.69) is 96.7 Å². The molecule has 0 bridgehead atoms. The van der Waals surface area contributed by atoms with E-state index in [0.717, 1.165) is 95.0 Å². The largest absolute Gasteiger partial charge is 0.495 e. The average molecular weight is 1650 g/mol. The van der Waals surface area contributed by atoms with Gasteiger partial charge in [-0.1, -0.05) is 65.2 Å². The summed E-state index contributed by atoms with van der Waals surface area (Å²) < 4.78 is 86.9. The van der Waals surface area contributed by atoms with Crippen LogP contribution in [0.25, 0.3) is 5.57 Å². The molecular formula is C82H105Cl2N16O9P3S. The third-order valence-electron chi connectivity index (χ3n) is 20.1. The first-order valence-corrected chi connectivity index (χ1v) is 48.0. The number of sulfone groups is 1. The van der Waals surface area contributed by atoms with Crippen molar-refractivity contribution in [1.29, 1.82) is 0 Å². The van der Waals surface area contributed by atoms with Crippen molar-refractivity contribution in [2.45, 2.75) is 82.4 Å². The maximum absolute atomic E-state index is 13.0. The SMILES string of the molecule is COc1cc(N2CCC(N3CCN(C)CC3)CC2)ccc1Nc1ncc(Cl)c(Nc2ccc(C)cc2P(C)(C)=O)n1.COc1cc(OCCCN2CCCC2)ccc1Nc1ncc(Cl)c(Nc2ccccc2P(C)(C)=O)n1.COc1cc(P(C)(C)=O)ccc1Nc1nc2c(c(Nc3ccccc3S(=O)(=O)C(C)C)n1)C(C)=CC2. The highest BCUT2D eigenvalue weighted by Crippen LogP contribution is 2.44. The molecule has 3 aliphatic heterocycles. The zero-order chi connectivity index (χ0) is 80.9. The number of nitrogens with one attached hydrogen (secondary N) is 6. The van der Waals surface area contributed by atoms with Gasteiger partial charge < -0.3 is 79.2 Å². The Balaban J connectivity index is 0.000000168. The van der Waals surface area contributed by atoms with Crippen LogP contribution in [-0.4, -0.2) is 198 Å². The van der Waals surface area contributed by atoms with Crippen LogP contribution in [0.1, 0.15) is 69.7 Å². The molecule has 0 saturated carbocycles. The van der Waals surface area contributed by atoms with Crippen molar-refractivity contribution in [3.8, 4) is 23.0 Å². The summed E-state index contributed by atoms with van der Waals surface area (Å²) in [6.07, 6.45) is 11.7. The molecule has 3 saturated heterocycles. The monoisotopic (exact) mass is 1650 g/mol. The van der Waals surface area contributed by atoms with Gasteiger partial charge in [0, 0.05) is 97.6 Å². The number of rotatable bonds is 27. The molecule has 1 aliphatic carbocycles. The van der Waals surface area contributed by atoms with E-state index in [9.17, 15) is 22.1 Å². The molecule has 31 heteroatoms. The highest BCUT2D eigenvalue weighted by atomic mass is 35.5. The fraction of sp³-hybridized carbons (Fsp3) is 0.390. The Hall–Kier alpha value is -8.80. The number of likely N-dealkylation sites (N-methyl/N-ethyl adjacent to an activating group) is 1. The van der Waals surface area contributed by atoms with Crippen molar-refractivity contribution < 1.29 is 41.1 Å². The Morgan fingerprint density at radius 3 is 1.68 bits per heavy atom. The molecule has 4 aliphatic rings. The Morgan fingerprint density at radius 2 is 1.08 bits per heavy atom. The second-order valence-electron chi connectivity index (χ2n) is 30.0. The van der Waals surface area contributed by atoms with E-state index in [0.29, 0.717) is 110 Å². The Kier molecular flexibility index (Phi) is 28.4. The lowest BCUT2D eigenvalue weighted by molar-refractivity contribution is 0.0982. The third kappa shape index (κ3) is 22.2. The molecule has 9 aromatic rings. The number of aryl methyl sites for hydroxylation is 1. The number of aromatic nitrogens is 6. The van der Waals surface area contributed by atoms with Crippen molar-refractivity contribution in [2.75, 3.05) is 171 Å². The Bertz CT molecular complexity index is 5160. The lowest BCUT2D eigenvalue weighted by Gasteiger charge is -2.42. The molecule has 6 aromatic carbocycles. The van der Waals surface area contributed by atoms with E-state index >= 15 is 0 Å². The number of piperidine rings is 1. The molecule has 3 aromatic heterocycles. The highest BCUT2D eigenvalue weighted by molar-refractivity contribution is 7.92. The van der Waals surface area contributed by atoms with Gasteiger partial charge in [0.15, 0.2) is 21.5 Å². The van der Waals surface area contributed by atoms with Crippen LogP contribution in [-0.2, 0) is 30.0 Å². The van der Waals surface area contributed by atoms with Gasteiger partial charge in [0.05, 0.1) is 90.3 Å². The van der Waals surface area contributed by atoms with Gasteiger partial charge in [-0.2, -0.15) is 15.0 Å². The number of halogens is 2. The minimum Gasteiger partial charge on any atom is -0.495 e.